The average molecular weight is 318 g/mol. The fourth-order valence-corrected chi connectivity index (χ4v) is 3.06. The largest absolute Gasteiger partial charge is 0.391 e. The third-order valence-electron chi connectivity index (χ3n) is 3.22. The van der Waals surface area contributed by atoms with Gasteiger partial charge in [0.2, 0.25) is 0 Å². The highest BCUT2D eigenvalue weighted by atomic mass is 32.1. The van der Waals surface area contributed by atoms with Crippen LogP contribution in [-0.2, 0) is 6.42 Å². The molecule has 1 aromatic carbocycles. The lowest BCUT2D eigenvalue weighted by Gasteiger charge is -2.13. The summed E-state index contributed by atoms with van der Waals surface area (Å²) < 4.78 is 0. The van der Waals surface area contributed by atoms with E-state index in [2.05, 4.69) is 10.3 Å². The van der Waals surface area contributed by atoms with Gasteiger partial charge in [-0.05, 0) is 17.9 Å². The van der Waals surface area contributed by atoms with Gasteiger partial charge >= 0.3 is 0 Å². The van der Waals surface area contributed by atoms with Crippen LogP contribution in [0.1, 0.15) is 40.5 Å². The Morgan fingerprint density at radius 3 is 2.73 bits per heavy atom. The van der Waals surface area contributed by atoms with Crippen LogP contribution in [-0.4, -0.2) is 28.6 Å². The number of hydrogen-bond donors (Lipinski definition) is 2. The van der Waals surface area contributed by atoms with Gasteiger partial charge in [0, 0.05) is 13.0 Å². The molecule has 0 saturated carbocycles. The van der Waals surface area contributed by atoms with Gasteiger partial charge in [0.15, 0.2) is 0 Å². The summed E-state index contributed by atoms with van der Waals surface area (Å²) in [5.41, 5.74) is 1.18. The molecule has 0 radical (unpaired) electrons. The van der Waals surface area contributed by atoms with Gasteiger partial charge in [-0.25, -0.2) is 4.98 Å². The van der Waals surface area contributed by atoms with E-state index in [1.54, 1.807) is 6.20 Å². The van der Waals surface area contributed by atoms with Gasteiger partial charge in [-0.2, -0.15) is 0 Å². The molecule has 1 heterocycles. The zero-order valence-corrected chi connectivity index (χ0v) is 13.8. The number of nitrogens with one attached hydrogen (secondary N) is 1. The van der Waals surface area contributed by atoms with E-state index in [-0.39, 0.29) is 12.5 Å². The standard InChI is InChI=1S/C17H22N2O2S/c1-12(2)8-14(20)10-19-17(21)15-11-18-16(22-15)9-13-6-4-3-5-7-13/h3-7,11-12,14,20H,8-10H2,1-2H3,(H,19,21). The summed E-state index contributed by atoms with van der Waals surface area (Å²) in [7, 11) is 0. The molecular formula is C17H22N2O2S. The Morgan fingerprint density at radius 2 is 2.05 bits per heavy atom. The van der Waals surface area contributed by atoms with Gasteiger partial charge in [0.25, 0.3) is 5.91 Å². The van der Waals surface area contributed by atoms with Crippen molar-refractivity contribution in [2.75, 3.05) is 6.54 Å². The molecule has 5 heteroatoms. The third kappa shape index (κ3) is 5.24. The topological polar surface area (TPSA) is 62.2 Å². The third-order valence-corrected chi connectivity index (χ3v) is 4.21. The highest BCUT2D eigenvalue weighted by Gasteiger charge is 2.13. The molecule has 0 aliphatic heterocycles. The van der Waals surface area contributed by atoms with Gasteiger partial charge in [0.1, 0.15) is 4.88 Å². The van der Waals surface area contributed by atoms with E-state index >= 15 is 0 Å². The van der Waals surface area contributed by atoms with Crippen molar-refractivity contribution < 1.29 is 9.90 Å². The summed E-state index contributed by atoms with van der Waals surface area (Å²) in [6.45, 7) is 4.37. The normalized spacial score (nSPS) is 12.4. The number of thiazole rings is 1. The Kier molecular flexibility index (Phi) is 6.10. The molecule has 1 amide bonds. The Balaban J connectivity index is 1.86. The second-order valence-electron chi connectivity index (χ2n) is 5.77. The molecule has 0 fully saturated rings. The fraction of sp³-hybridized carbons (Fsp3) is 0.412. The molecular weight excluding hydrogens is 296 g/mol. The summed E-state index contributed by atoms with van der Waals surface area (Å²) in [5, 5.41) is 13.5. The molecule has 22 heavy (non-hydrogen) atoms. The summed E-state index contributed by atoms with van der Waals surface area (Å²) in [5.74, 6) is 0.243. The highest BCUT2D eigenvalue weighted by molar-refractivity contribution is 7.13. The minimum Gasteiger partial charge on any atom is -0.391 e. The number of amides is 1. The summed E-state index contributed by atoms with van der Waals surface area (Å²) in [4.78, 5) is 16.9. The first kappa shape index (κ1) is 16.6. The van der Waals surface area contributed by atoms with Crippen LogP contribution in [0.2, 0.25) is 0 Å². The van der Waals surface area contributed by atoms with E-state index in [0.717, 1.165) is 11.4 Å². The summed E-state index contributed by atoms with van der Waals surface area (Å²) >= 11 is 1.40. The molecule has 0 spiro atoms. The number of aliphatic hydroxyl groups is 1. The Morgan fingerprint density at radius 1 is 1.32 bits per heavy atom. The molecule has 2 aromatic rings. The van der Waals surface area contributed by atoms with Crippen molar-refractivity contribution >= 4 is 17.2 Å². The van der Waals surface area contributed by atoms with E-state index in [4.69, 9.17) is 0 Å². The Hall–Kier alpha value is -1.72. The summed E-state index contributed by atoms with van der Waals surface area (Å²) in [6, 6.07) is 10.1. The van der Waals surface area contributed by atoms with Crippen LogP contribution in [0.3, 0.4) is 0 Å². The number of aromatic nitrogens is 1. The monoisotopic (exact) mass is 318 g/mol. The lowest BCUT2D eigenvalue weighted by atomic mass is 10.1. The number of rotatable bonds is 7. The lowest BCUT2D eigenvalue weighted by Crippen LogP contribution is -2.32. The maximum atomic E-state index is 12.0. The SMILES string of the molecule is CC(C)CC(O)CNC(=O)c1cnc(Cc2ccccc2)s1. The van der Waals surface area contributed by atoms with Gasteiger partial charge in [-0.3, -0.25) is 4.79 Å². The lowest BCUT2D eigenvalue weighted by molar-refractivity contribution is 0.0904. The molecule has 0 bridgehead atoms. The van der Waals surface area contributed by atoms with Crippen LogP contribution in [0.25, 0.3) is 0 Å². The molecule has 1 atom stereocenters. The molecule has 1 aromatic heterocycles. The first-order valence-corrected chi connectivity index (χ1v) is 8.31. The fourth-order valence-electron chi connectivity index (χ4n) is 2.19. The van der Waals surface area contributed by atoms with Crippen LogP contribution < -0.4 is 5.32 Å². The maximum Gasteiger partial charge on any atom is 0.263 e. The first-order valence-electron chi connectivity index (χ1n) is 7.49. The quantitative estimate of drug-likeness (QED) is 0.825. The van der Waals surface area contributed by atoms with E-state index < -0.39 is 6.10 Å². The number of carbonyl (C=O) groups excluding carboxylic acids is 1. The van der Waals surface area contributed by atoms with Crippen LogP contribution in [0.4, 0.5) is 0 Å². The number of hydrogen-bond acceptors (Lipinski definition) is 4. The molecule has 2 rings (SSSR count). The molecule has 4 nitrogen and oxygen atoms in total. The van der Waals surface area contributed by atoms with Gasteiger partial charge in [0.05, 0.1) is 17.3 Å². The van der Waals surface area contributed by atoms with E-state index in [1.165, 1.54) is 16.9 Å². The molecule has 0 aliphatic carbocycles. The van der Waals surface area contributed by atoms with Gasteiger partial charge < -0.3 is 10.4 Å². The van der Waals surface area contributed by atoms with Crippen molar-refractivity contribution in [2.45, 2.75) is 32.8 Å². The molecule has 0 aliphatic rings. The predicted octanol–water partition coefficient (Wildman–Crippen LogP) is 2.87. The summed E-state index contributed by atoms with van der Waals surface area (Å²) in [6.07, 6.45) is 2.52. The number of carbonyl (C=O) groups is 1. The Labute approximate surface area is 135 Å². The highest BCUT2D eigenvalue weighted by Crippen LogP contribution is 2.17. The van der Waals surface area contributed by atoms with Crippen molar-refractivity contribution in [1.29, 1.82) is 0 Å². The number of aliphatic hydroxyl groups excluding tert-OH is 1. The van der Waals surface area contributed by atoms with Gasteiger partial charge in [-0.1, -0.05) is 44.2 Å². The van der Waals surface area contributed by atoms with Crippen LogP contribution >= 0.6 is 11.3 Å². The minimum absolute atomic E-state index is 0.167. The molecule has 118 valence electrons. The maximum absolute atomic E-state index is 12.0. The van der Waals surface area contributed by atoms with E-state index in [0.29, 0.717) is 17.2 Å². The van der Waals surface area contributed by atoms with Crippen LogP contribution in [0, 0.1) is 5.92 Å². The smallest absolute Gasteiger partial charge is 0.263 e. The van der Waals surface area contributed by atoms with Gasteiger partial charge in [-0.15, -0.1) is 11.3 Å². The zero-order chi connectivity index (χ0) is 15.9. The number of benzene rings is 1. The van der Waals surface area contributed by atoms with Crippen molar-refractivity contribution in [3.05, 3.63) is 52.0 Å². The molecule has 2 N–H and O–H groups in total. The second-order valence-corrected chi connectivity index (χ2v) is 6.89. The second kappa shape index (κ2) is 8.06. The van der Waals surface area contributed by atoms with Crippen molar-refractivity contribution in [1.82, 2.24) is 10.3 Å². The van der Waals surface area contributed by atoms with E-state index in [9.17, 15) is 9.90 Å². The zero-order valence-electron chi connectivity index (χ0n) is 13.0. The first-order chi connectivity index (χ1) is 10.5. The average Bonchev–Trinajstić information content (AvgIpc) is 2.94. The molecule has 1 unspecified atom stereocenters. The van der Waals surface area contributed by atoms with Crippen molar-refractivity contribution in [3.8, 4) is 0 Å². The number of nitrogens with zero attached hydrogens (tertiary/aromatic N) is 1. The van der Waals surface area contributed by atoms with Crippen LogP contribution in [0.5, 0.6) is 0 Å². The molecule has 0 saturated heterocycles. The van der Waals surface area contributed by atoms with Crippen LogP contribution in [0.15, 0.2) is 36.5 Å². The van der Waals surface area contributed by atoms with Crippen molar-refractivity contribution in [2.24, 2.45) is 5.92 Å². The Bertz CT molecular complexity index is 596. The minimum atomic E-state index is -0.499. The van der Waals surface area contributed by atoms with E-state index in [1.807, 2.05) is 44.2 Å². The van der Waals surface area contributed by atoms with Crippen molar-refractivity contribution in [3.63, 3.8) is 0 Å². The predicted molar refractivity (Wildman–Crippen MR) is 89.2 cm³/mol.